The van der Waals surface area contributed by atoms with Gasteiger partial charge in [-0.2, -0.15) is 10.2 Å². The molecule has 1 unspecified atom stereocenters. The molecule has 7 heteroatoms. The minimum absolute atomic E-state index is 0.0698. The second-order valence-corrected chi connectivity index (χ2v) is 6.00. The van der Waals surface area contributed by atoms with E-state index in [0.717, 1.165) is 28.0 Å². The van der Waals surface area contributed by atoms with Crippen LogP contribution in [0.5, 0.6) is 5.75 Å². The van der Waals surface area contributed by atoms with Crippen molar-refractivity contribution in [2.24, 2.45) is 7.05 Å². The average Bonchev–Trinajstić information content (AvgIpc) is 3.17. The number of H-pyrrole nitrogens is 1. The summed E-state index contributed by atoms with van der Waals surface area (Å²) in [5.41, 5.74) is 2.77. The summed E-state index contributed by atoms with van der Waals surface area (Å²) in [6, 6.07) is 7.78. The number of rotatable bonds is 7. The molecule has 7 nitrogen and oxygen atoms in total. The summed E-state index contributed by atoms with van der Waals surface area (Å²) in [6.07, 6.45) is 1.29. The van der Waals surface area contributed by atoms with Crippen LogP contribution in [0.3, 0.4) is 0 Å². The normalized spacial score (nSPS) is 14.0. The Bertz CT molecular complexity index is 810. The maximum absolute atomic E-state index is 10.2. The van der Waals surface area contributed by atoms with Crippen molar-refractivity contribution in [3.63, 3.8) is 0 Å². The number of aliphatic hydroxyl groups excluding tert-OH is 1. The molecule has 0 aliphatic carbocycles. The molecule has 1 aromatic carbocycles. The van der Waals surface area contributed by atoms with Crippen LogP contribution in [-0.2, 0) is 7.05 Å². The van der Waals surface area contributed by atoms with E-state index in [1.165, 1.54) is 0 Å². The molecule has 2 atom stereocenters. The second kappa shape index (κ2) is 7.02. The van der Waals surface area contributed by atoms with Gasteiger partial charge in [-0.1, -0.05) is 6.07 Å². The number of nitrogens with zero attached hydrogens (tertiary/aromatic N) is 3. The molecule has 0 amide bonds. The lowest BCUT2D eigenvalue weighted by Crippen LogP contribution is -2.33. The Morgan fingerprint density at radius 1 is 1.38 bits per heavy atom. The first-order valence-electron chi connectivity index (χ1n) is 8.02. The highest BCUT2D eigenvalue weighted by molar-refractivity contribution is 5.87. The molecule has 0 aliphatic rings. The van der Waals surface area contributed by atoms with Crippen molar-refractivity contribution >= 4 is 10.9 Å². The van der Waals surface area contributed by atoms with E-state index < -0.39 is 6.10 Å². The maximum atomic E-state index is 10.2. The van der Waals surface area contributed by atoms with E-state index in [0.29, 0.717) is 6.54 Å². The van der Waals surface area contributed by atoms with Crippen LogP contribution in [0.4, 0.5) is 0 Å². The van der Waals surface area contributed by atoms with Crippen molar-refractivity contribution < 1.29 is 9.84 Å². The largest absolute Gasteiger partial charge is 0.490 e. The van der Waals surface area contributed by atoms with Crippen LogP contribution < -0.4 is 10.1 Å². The minimum atomic E-state index is -0.612. The fraction of sp³-hybridized carbons (Fsp3) is 0.412. The number of aromatic nitrogens is 4. The summed E-state index contributed by atoms with van der Waals surface area (Å²) < 4.78 is 7.56. The average molecular weight is 329 g/mol. The highest BCUT2D eigenvalue weighted by atomic mass is 16.5. The Morgan fingerprint density at radius 2 is 2.21 bits per heavy atom. The monoisotopic (exact) mass is 329 g/mol. The Hall–Kier alpha value is -2.38. The van der Waals surface area contributed by atoms with Gasteiger partial charge in [0.25, 0.3) is 0 Å². The van der Waals surface area contributed by atoms with Crippen LogP contribution in [0, 0.1) is 6.92 Å². The molecule has 0 radical (unpaired) electrons. The summed E-state index contributed by atoms with van der Waals surface area (Å²) in [6.45, 7) is 4.59. The third kappa shape index (κ3) is 3.58. The summed E-state index contributed by atoms with van der Waals surface area (Å²) in [7, 11) is 1.89. The van der Waals surface area contributed by atoms with E-state index >= 15 is 0 Å². The van der Waals surface area contributed by atoms with E-state index in [1.807, 2.05) is 51.4 Å². The number of aliphatic hydroxyl groups is 1. The first-order chi connectivity index (χ1) is 11.5. The molecule has 2 heterocycles. The first kappa shape index (κ1) is 16.5. The third-order valence-electron chi connectivity index (χ3n) is 4.00. The van der Waals surface area contributed by atoms with Gasteiger partial charge in [-0.15, -0.1) is 0 Å². The van der Waals surface area contributed by atoms with Gasteiger partial charge in [-0.3, -0.25) is 9.78 Å². The van der Waals surface area contributed by atoms with Gasteiger partial charge in [0.15, 0.2) is 0 Å². The molecule has 0 spiro atoms. The van der Waals surface area contributed by atoms with Gasteiger partial charge < -0.3 is 15.2 Å². The lowest BCUT2D eigenvalue weighted by atomic mass is 10.2. The van der Waals surface area contributed by atoms with Crippen molar-refractivity contribution in [1.82, 2.24) is 25.3 Å². The fourth-order valence-corrected chi connectivity index (χ4v) is 2.64. The fourth-order valence-electron chi connectivity index (χ4n) is 2.64. The van der Waals surface area contributed by atoms with Gasteiger partial charge in [0.1, 0.15) is 18.5 Å². The topological polar surface area (TPSA) is 88.0 Å². The Kier molecular flexibility index (Phi) is 4.82. The second-order valence-electron chi connectivity index (χ2n) is 6.00. The zero-order chi connectivity index (χ0) is 17.1. The van der Waals surface area contributed by atoms with Crippen molar-refractivity contribution in [3.05, 3.63) is 41.9 Å². The third-order valence-corrected chi connectivity index (χ3v) is 4.00. The highest BCUT2D eigenvalue weighted by Crippen LogP contribution is 2.26. The zero-order valence-electron chi connectivity index (χ0n) is 14.2. The van der Waals surface area contributed by atoms with Crippen molar-refractivity contribution in [2.45, 2.75) is 26.0 Å². The van der Waals surface area contributed by atoms with Crippen LogP contribution in [0.1, 0.15) is 24.4 Å². The first-order valence-corrected chi connectivity index (χ1v) is 8.02. The van der Waals surface area contributed by atoms with Crippen molar-refractivity contribution in [3.8, 4) is 5.75 Å². The standard InChI is InChI=1S/C17H23N5O2/c1-11(14-7-8-22(3)21-14)18-9-13(23)10-24-16-6-4-5-15-17(16)12(2)19-20-15/h4-8,11,13,18,23H,9-10H2,1-3H3,(H,19,20)/t11?,13-/m0/s1. The van der Waals surface area contributed by atoms with E-state index in [4.69, 9.17) is 4.74 Å². The van der Waals surface area contributed by atoms with Gasteiger partial charge in [-0.25, -0.2) is 0 Å². The number of aromatic amines is 1. The number of fused-ring (bicyclic) bond motifs is 1. The summed E-state index contributed by atoms with van der Waals surface area (Å²) in [5.74, 6) is 0.732. The molecule has 0 bridgehead atoms. The molecular weight excluding hydrogens is 306 g/mol. The number of ether oxygens (including phenoxy) is 1. The molecule has 2 aromatic heterocycles. The molecule has 0 saturated heterocycles. The Morgan fingerprint density at radius 3 is 2.96 bits per heavy atom. The van der Waals surface area contributed by atoms with Gasteiger partial charge in [0.05, 0.1) is 22.3 Å². The van der Waals surface area contributed by atoms with Crippen LogP contribution in [0.15, 0.2) is 30.5 Å². The number of hydrogen-bond donors (Lipinski definition) is 3. The smallest absolute Gasteiger partial charge is 0.130 e. The van der Waals surface area contributed by atoms with Gasteiger partial charge in [0, 0.05) is 25.8 Å². The van der Waals surface area contributed by atoms with Gasteiger partial charge >= 0.3 is 0 Å². The number of nitrogens with one attached hydrogen (secondary N) is 2. The molecule has 0 fully saturated rings. The van der Waals surface area contributed by atoms with E-state index in [2.05, 4.69) is 20.6 Å². The lowest BCUT2D eigenvalue weighted by molar-refractivity contribution is 0.105. The van der Waals surface area contributed by atoms with Gasteiger partial charge in [-0.05, 0) is 32.0 Å². The molecule has 3 rings (SSSR count). The summed E-state index contributed by atoms with van der Waals surface area (Å²) in [4.78, 5) is 0. The minimum Gasteiger partial charge on any atom is -0.490 e. The molecule has 128 valence electrons. The Balaban J connectivity index is 1.53. The molecular formula is C17H23N5O2. The van der Waals surface area contributed by atoms with Gasteiger partial charge in [0.2, 0.25) is 0 Å². The quantitative estimate of drug-likeness (QED) is 0.614. The predicted molar refractivity (Wildman–Crippen MR) is 92.0 cm³/mol. The Labute approximate surface area is 140 Å². The van der Waals surface area contributed by atoms with Crippen LogP contribution in [-0.4, -0.2) is 44.3 Å². The predicted octanol–water partition coefficient (Wildman–Crippen LogP) is 1.70. The van der Waals surface area contributed by atoms with Crippen LogP contribution in [0.2, 0.25) is 0 Å². The van der Waals surface area contributed by atoms with Crippen LogP contribution >= 0.6 is 0 Å². The van der Waals surface area contributed by atoms with Crippen LogP contribution in [0.25, 0.3) is 10.9 Å². The molecule has 3 aromatic rings. The summed E-state index contributed by atoms with van der Waals surface area (Å²) >= 11 is 0. The van der Waals surface area contributed by atoms with E-state index in [1.54, 1.807) is 4.68 Å². The molecule has 0 aliphatic heterocycles. The number of hydrogen-bond acceptors (Lipinski definition) is 5. The molecule has 3 N–H and O–H groups in total. The SMILES string of the molecule is Cc1n[nH]c2cccc(OC[C@@H](O)CNC(C)c3ccn(C)n3)c12. The van der Waals surface area contributed by atoms with Crippen molar-refractivity contribution in [2.75, 3.05) is 13.2 Å². The summed E-state index contributed by atoms with van der Waals surface area (Å²) in [5, 5.41) is 25.9. The maximum Gasteiger partial charge on any atom is 0.130 e. The zero-order valence-corrected chi connectivity index (χ0v) is 14.2. The number of benzene rings is 1. The highest BCUT2D eigenvalue weighted by Gasteiger charge is 2.13. The molecule has 24 heavy (non-hydrogen) atoms. The molecule has 0 saturated carbocycles. The van der Waals surface area contributed by atoms with E-state index in [-0.39, 0.29) is 12.6 Å². The lowest BCUT2D eigenvalue weighted by Gasteiger charge is -2.16. The van der Waals surface area contributed by atoms with Crippen molar-refractivity contribution in [1.29, 1.82) is 0 Å². The van der Waals surface area contributed by atoms with E-state index in [9.17, 15) is 5.11 Å². The number of aryl methyl sites for hydroxylation is 2.